The predicted octanol–water partition coefficient (Wildman–Crippen LogP) is -0.621. The van der Waals surface area contributed by atoms with Crippen LogP contribution in [0.3, 0.4) is 0 Å². The summed E-state index contributed by atoms with van der Waals surface area (Å²) >= 11 is 0. The summed E-state index contributed by atoms with van der Waals surface area (Å²) in [5.74, 6) is -2.70. The third kappa shape index (κ3) is 5.07. The molecule has 2 amide bonds. The van der Waals surface area contributed by atoms with Gasteiger partial charge < -0.3 is 21.3 Å². The van der Waals surface area contributed by atoms with Crippen molar-refractivity contribution in [2.24, 2.45) is 5.73 Å². The zero-order valence-corrected chi connectivity index (χ0v) is 10.00. The van der Waals surface area contributed by atoms with Crippen LogP contribution in [0.4, 0.5) is 0 Å². The van der Waals surface area contributed by atoms with Crippen LogP contribution in [0.15, 0.2) is 24.3 Å². The van der Waals surface area contributed by atoms with E-state index in [1.165, 1.54) is 12.1 Å². The summed E-state index contributed by atoms with van der Waals surface area (Å²) in [6.45, 7) is 0. The Kier molecular flexibility index (Phi) is 4.87. The molecule has 0 fully saturated rings. The third-order valence-electron chi connectivity index (χ3n) is 2.31. The maximum absolute atomic E-state index is 11.6. The molecular formula is C12H14N2O5. The predicted molar refractivity (Wildman–Crippen MR) is 65.2 cm³/mol. The van der Waals surface area contributed by atoms with Gasteiger partial charge in [-0.1, -0.05) is 12.1 Å². The second kappa shape index (κ2) is 6.39. The molecule has 0 aliphatic carbocycles. The molecule has 0 saturated carbocycles. The van der Waals surface area contributed by atoms with Crippen molar-refractivity contribution in [1.29, 1.82) is 0 Å². The number of rotatable bonds is 6. The Morgan fingerprint density at radius 1 is 1.32 bits per heavy atom. The van der Waals surface area contributed by atoms with E-state index < -0.39 is 30.2 Å². The molecule has 0 heterocycles. The number of aromatic hydroxyl groups is 1. The minimum absolute atomic E-state index is 0.0113. The number of amides is 2. The van der Waals surface area contributed by atoms with E-state index in [0.29, 0.717) is 5.56 Å². The van der Waals surface area contributed by atoms with Gasteiger partial charge >= 0.3 is 5.97 Å². The van der Waals surface area contributed by atoms with E-state index in [1.54, 1.807) is 12.1 Å². The summed E-state index contributed by atoms with van der Waals surface area (Å²) in [5, 5.41) is 20.2. The minimum atomic E-state index is -1.35. The summed E-state index contributed by atoms with van der Waals surface area (Å²) in [5.41, 5.74) is 5.42. The lowest BCUT2D eigenvalue weighted by Crippen LogP contribution is -2.43. The summed E-state index contributed by atoms with van der Waals surface area (Å²) in [4.78, 5) is 33.1. The van der Waals surface area contributed by atoms with Crippen LogP contribution in [-0.2, 0) is 20.8 Å². The van der Waals surface area contributed by atoms with E-state index in [0.717, 1.165) is 0 Å². The maximum atomic E-state index is 11.6. The number of hydrogen-bond acceptors (Lipinski definition) is 4. The fourth-order valence-electron chi connectivity index (χ4n) is 1.50. The van der Waals surface area contributed by atoms with Crippen molar-refractivity contribution in [3.05, 3.63) is 29.8 Å². The van der Waals surface area contributed by atoms with Gasteiger partial charge in [-0.15, -0.1) is 0 Å². The molecular weight excluding hydrogens is 252 g/mol. The quantitative estimate of drug-likeness (QED) is 0.545. The molecule has 0 aromatic heterocycles. The number of carboxylic acids is 1. The van der Waals surface area contributed by atoms with Gasteiger partial charge in [0.2, 0.25) is 11.8 Å². The van der Waals surface area contributed by atoms with Gasteiger partial charge in [0, 0.05) is 0 Å². The maximum Gasteiger partial charge on any atom is 0.326 e. The topological polar surface area (TPSA) is 130 Å². The van der Waals surface area contributed by atoms with Crippen molar-refractivity contribution in [2.45, 2.75) is 18.9 Å². The number of carbonyl (C=O) groups is 3. The van der Waals surface area contributed by atoms with Gasteiger partial charge in [-0.2, -0.15) is 0 Å². The summed E-state index contributed by atoms with van der Waals surface area (Å²) in [7, 11) is 0. The SMILES string of the molecule is NC(=O)C[C@H](NC(=O)Cc1cccc(O)c1)C(=O)O. The number of nitrogens with two attached hydrogens (primary N) is 1. The fourth-order valence-corrected chi connectivity index (χ4v) is 1.50. The van der Waals surface area contributed by atoms with Crippen LogP contribution in [0.2, 0.25) is 0 Å². The fraction of sp³-hybridized carbons (Fsp3) is 0.250. The van der Waals surface area contributed by atoms with Crippen molar-refractivity contribution in [3.63, 3.8) is 0 Å². The van der Waals surface area contributed by atoms with E-state index in [2.05, 4.69) is 5.32 Å². The Bertz CT molecular complexity index is 501. The average Bonchev–Trinajstić information content (AvgIpc) is 2.27. The lowest BCUT2D eigenvalue weighted by Gasteiger charge is -2.12. The molecule has 1 atom stereocenters. The lowest BCUT2D eigenvalue weighted by atomic mass is 10.1. The van der Waals surface area contributed by atoms with E-state index in [-0.39, 0.29) is 12.2 Å². The molecule has 5 N–H and O–H groups in total. The Morgan fingerprint density at radius 3 is 2.53 bits per heavy atom. The Hall–Kier alpha value is -2.57. The van der Waals surface area contributed by atoms with E-state index >= 15 is 0 Å². The van der Waals surface area contributed by atoms with Crippen molar-refractivity contribution in [2.75, 3.05) is 0 Å². The van der Waals surface area contributed by atoms with Gasteiger partial charge in [-0.05, 0) is 17.7 Å². The number of nitrogens with one attached hydrogen (secondary N) is 1. The van der Waals surface area contributed by atoms with Gasteiger partial charge in [-0.3, -0.25) is 9.59 Å². The summed E-state index contributed by atoms with van der Waals surface area (Å²) in [6, 6.07) is 4.68. The molecule has 102 valence electrons. The van der Waals surface area contributed by atoms with Gasteiger partial charge in [0.25, 0.3) is 0 Å². The molecule has 0 bridgehead atoms. The molecule has 0 spiro atoms. The van der Waals surface area contributed by atoms with E-state index in [9.17, 15) is 19.5 Å². The van der Waals surface area contributed by atoms with E-state index in [4.69, 9.17) is 10.8 Å². The van der Waals surface area contributed by atoms with Gasteiger partial charge in [0.15, 0.2) is 0 Å². The lowest BCUT2D eigenvalue weighted by molar-refractivity contribution is -0.143. The highest BCUT2D eigenvalue weighted by atomic mass is 16.4. The zero-order chi connectivity index (χ0) is 14.4. The highest BCUT2D eigenvalue weighted by Crippen LogP contribution is 2.11. The Balaban J connectivity index is 2.62. The summed E-state index contributed by atoms with van der Waals surface area (Å²) < 4.78 is 0. The van der Waals surface area contributed by atoms with Gasteiger partial charge in [-0.25, -0.2) is 4.79 Å². The molecule has 0 saturated heterocycles. The first kappa shape index (κ1) is 14.5. The smallest absolute Gasteiger partial charge is 0.326 e. The first-order valence-electron chi connectivity index (χ1n) is 5.47. The zero-order valence-electron chi connectivity index (χ0n) is 10.00. The molecule has 0 aliphatic rings. The van der Waals surface area contributed by atoms with Crippen LogP contribution in [0.25, 0.3) is 0 Å². The van der Waals surface area contributed by atoms with Crippen molar-refractivity contribution in [1.82, 2.24) is 5.32 Å². The van der Waals surface area contributed by atoms with Crippen LogP contribution in [0.5, 0.6) is 5.75 Å². The number of benzene rings is 1. The number of aliphatic carboxylic acids is 1. The highest BCUT2D eigenvalue weighted by Gasteiger charge is 2.22. The summed E-state index contributed by atoms with van der Waals surface area (Å²) in [6.07, 6.45) is -0.571. The Morgan fingerprint density at radius 2 is 2.00 bits per heavy atom. The number of hydrogen-bond donors (Lipinski definition) is 4. The number of primary amides is 1. The Labute approximate surface area is 109 Å². The second-order valence-corrected chi connectivity index (χ2v) is 3.98. The van der Waals surface area contributed by atoms with Crippen molar-refractivity contribution in [3.8, 4) is 5.75 Å². The third-order valence-corrected chi connectivity index (χ3v) is 2.31. The number of carboxylic acid groups (broad SMARTS) is 1. The van der Waals surface area contributed by atoms with Crippen LogP contribution in [0.1, 0.15) is 12.0 Å². The molecule has 0 radical (unpaired) electrons. The molecule has 0 unspecified atom stereocenters. The van der Waals surface area contributed by atoms with Crippen LogP contribution in [-0.4, -0.2) is 34.0 Å². The van der Waals surface area contributed by atoms with Crippen LogP contribution in [0, 0.1) is 0 Å². The molecule has 19 heavy (non-hydrogen) atoms. The average molecular weight is 266 g/mol. The number of carbonyl (C=O) groups excluding carboxylic acids is 2. The number of phenolic OH excluding ortho intramolecular Hbond substituents is 1. The molecule has 1 aromatic rings. The van der Waals surface area contributed by atoms with Gasteiger partial charge in [0.05, 0.1) is 12.8 Å². The van der Waals surface area contributed by atoms with Crippen LogP contribution >= 0.6 is 0 Å². The molecule has 7 heteroatoms. The molecule has 0 aliphatic heterocycles. The minimum Gasteiger partial charge on any atom is -0.508 e. The number of phenols is 1. The monoisotopic (exact) mass is 266 g/mol. The molecule has 1 aromatic carbocycles. The first-order valence-corrected chi connectivity index (χ1v) is 5.47. The van der Waals surface area contributed by atoms with Crippen molar-refractivity contribution < 1.29 is 24.6 Å². The van der Waals surface area contributed by atoms with Gasteiger partial charge in [0.1, 0.15) is 11.8 Å². The second-order valence-electron chi connectivity index (χ2n) is 3.98. The van der Waals surface area contributed by atoms with E-state index in [1.807, 2.05) is 0 Å². The largest absolute Gasteiger partial charge is 0.508 e. The molecule has 7 nitrogen and oxygen atoms in total. The van der Waals surface area contributed by atoms with Crippen molar-refractivity contribution >= 4 is 17.8 Å². The molecule has 1 rings (SSSR count). The first-order chi connectivity index (χ1) is 8.88. The standard InChI is InChI=1S/C12H14N2O5/c13-10(16)6-9(12(18)19)14-11(17)5-7-2-1-3-8(15)4-7/h1-4,9,15H,5-6H2,(H2,13,16)(H,14,17)(H,18,19)/t9-/m0/s1. The highest BCUT2D eigenvalue weighted by molar-refractivity contribution is 5.88. The van der Waals surface area contributed by atoms with Crippen LogP contribution < -0.4 is 11.1 Å². The normalized spacial score (nSPS) is 11.6.